The van der Waals surface area contributed by atoms with Crippen molar-refractivity contribution in [1.82, 2.24) is 19.9 Å². The van der Waals surface area contributed by atoms with Crippen LogP contribution < -0.4 is 5.73 Å². The van der Waals surface area contributed by atoms with E-state index < -0.39 is 0 Å². The average Bonchev–Trinajstić information content (AvgIpc) is 2.92. The van der Waals surface area contributed by atoms with Crippen molar-refractivity contribution < 1.29 is 13.7 Å². The Bertz CT molecular complexity index is 688. The fraction of sp³-hybridized carbons (Fsp3) is 0.438. The van der Waals surface area contributed by atoms with Gasteiger partial charge in [-0.05, 0) is 30.7 Å². The second kappa shape index (κ2) is 7.50. The third kappa shape index (κ3) is 3.95. The van der Waals surface area contributed by atoms with Crippen molar-refractivity contribution in [2.75, 3.05) is 26.2 Å². The lowest BCUT2D eigenvalue weighted by molar-refractivity contribution is 0.0761. The minimum atomic E-state index is -0.342. The molecule has 0 radical (unpaired) electrons. The molecule has 128 valence electrons. The molecule has 8 heteroatoms. The highest BCUT2D eigenvalue weighted by molar-refractivity contribution is 5.94. The molecule has 3 rings (SSSR count). The highest BCUT2D eigenvalue weighted by Crippen LogP contribution is 2.12. The Labute approximate surface area is 139 Å². The third-order valence-corrected chi connectivity index (χ3v) is 4.02. The standard InChI is InChI=1S/C16H20FN5O2/c17-13-4-2-12(3-5-13)16(23)22-7-1-6-21(8-9-22)11-14-19-15(10-18)24-20-14/h2-5H,1,6-11,18H2. The van der Waals surface area contributed by atoms with Crippen LogP contribution in [-0.4, -0.2) is 52.0 Å². The topological polar surface area (TPSA) is 88.5 Å². The number of halogens is 1. The van der Waals surface area contributed by atoms with Crippen LogP contribution >= 0.6 is 0 Å². The Balaban J connectivity index is 1.58. The highest BCUT2D eigenvalue weighted by atomic mass is 19.1. The van der Waals surface area contributed by atoms with E-state index in [0.29, 0.717) is 36.9 Å². The van der Waals surface area contributed by atoms with Gasteiger partial charge < -0.3 is 15.2 Å². The Morgan fingerprint density at radius 3 is 2.71 bits per heavy atom. The largest absolute Gasteiger partial charge is 0.338 e. The summed E-state index contributed by atoms with van der Waals surface area (Å²) in [5.41, 5.74) is 5.97. The van der Waals surface area contributed by atoms with Gasteiger partial charge in [-0.25, -0.2) is 4.39 Å². The summed E-state index contributed by atoms with van der Waals surface area (Å²) < 4.78 is 18.0. The summed E-state index contributed by atoms with van der Waals surface area (Å²) in [4.78, 5) is 20.7. The maximum atomic E-state index is 13.0. The second-order valence-corrected chi connectivity index (χ2v) is 5.74. The minimum absolute atomic E-state index is 0.0678. The van der Waals surface area contributed by atoms with Gasteiger partial charge in [0.1, 0.15) is 5.82 Å². The first-order valence-corrected chi connectivity index (χ1v) is 7.94. The number of carbonyl (C=O) groups excluding carboxylic acids is 1. The van der Waals surface area contributed by atoms with Crippen molar-refractivity contribution in [3.05, 3.63) is 47.4 Å². The van der Waals surface area contributed by atoms with E-state index in [4.69, 9.17) is 10.3 Å². The number of aromatic nitrogens is 2. The van der Waals surface area contributed by atoms with Crippen molar-refractivity contribution >= 4 is 5.91 Å². The summed E-state index contributed by atoms with van der Waals surface area (Å²) in [7, 11) is 0. The van der Waals surface area contributed by atoms with Gasteiger partial charge in [0.05, 0.1) is 13.1 Å². The number of rotatable bonds is 4. The van der Waals surface area contributed by atoms with Crippen molar-refractivity contribution in [3.8, 4) is 0 Å². The third-order valence-electron chi connectivity index (χ3n) is 4.02. The van der Waals surface area contributed by atoms with Crippen LogP contribution in [0.4, 0.5) is 4.39 Å². The van der Waals surface area contributed by atoms with Gasteiger partial charge in [-0.15, -0.1) is 0 Å². The van der Waals surface area contributed by atoms with E-state index in [-0.39, 0.29) is 18.3 Å². The summed E-state index contributed by atoms with van der Waals surface area (Å²) >= 11 is 0. The van der Waals surface area contributed by atoms with Gasteiger partial charge in [-0.1, -0.05) is 5.16 Å². The first-order chi connectivity index (χ1) is 11.7. The quantitative estimate of drug-likeness (QED) is 0.898. The smallest absolute Gasteiger partial charge is 0.253 e. The molecular weight excluding hydrogens is 313 g/mol. The SMILES string of the molecule is NCc1nc(CN2CCCN(C(=O)c3ccc(F)cc3)CC2)no1. The molecule has 0 spiro atoms. The Kier molecular flexibility index (Phi) is 5.17. The molecule has 1 aromatic carbocycles. The molecule has 24 heavy (non-hydrogen) atoms. The molecule has 0 bridgehead atoms. The van der Waals surface area contributed by atoms with E-state index in [1.165, 1.54) is 24.3 Å². The molecular formula is C16H20FN5O2. The van der Waals surface area contributed by atoms with Gasteiger partial charge in [-0.3, -0.25) is 9.69 Å². The van der Waals surface area contributed by atoms with Crippen LogP contribution in [0, 0.1) is 5.82 Å². The Morgan fingerprint density at radius 1 is 1.21 bits per heavy atom. The van der Waals surface area contributed by atoms with E-state index in [2.05, 4.69) is 15.0 Å². The van der Waals surface area contributed by atoms with E-state index in [1.807, 2.05) is 0 Å². The normalized spacial score (nSPS) is 16.2. The van der Waals surface area contributed by atoms with Crippen LogP contribution in [0.5, 0.6) is 0 Å². The van der Waals surface area contributed by atoms with Crippen LogP contribution in [-0.2, 0) is 13.1 Å². The molecule has 0 saturated carbocycles. The molecule has 7 nitrogen and oxygen atoms in total. The van der Waals surface area contributed by atoms with Crippen molar-refractivity contribution in [3.63, 3.8) is 0 Å². The number of hydrogen-bond donors (Lipinski definition) is 1. The number of carbonyl (C=O) groups is 1. The molecule has 1 fully saturated rings. The number of benzene rings is 1. The molecule has 2 N–H and O–H groups in total. The van der Waals surface area contributed by atoms with Gasteiger partial charge in [0.15, 0.2) is 5.82 Å². The zero-order valence-corrected chi connectivity index (χ0v) is 13.3. The summed E-state index contributed by atoms with van der Waals surface area (Å²) in [5, 5.41) is 3.90. The molecule has 0 unspecified atom stereocenters. The van der Waals surface area contributed by atoms with Gasteiger partial charge >= 0.3 is 0 Å². The molecule has 0 aliphatic carbocycles. The van der Waals surface area contributed by atoms with Gasteiger partial charge in [-0.2, -0.15) is 4.98 Å². The Morgan fingerprint density at radius 2 is 2.00 bits per heavy atom. The molecule has 2 heterocycles. The average molecular weight is 333 g/mol. The lowest BCUT2D eigenvalue weighted by Gasteiger charge is -2.21. The zero-order valence-electron chi connectivity index (χ0n) is 13.3. The van der Waals surface area contributed by atoms with Gasteiger partial charge in [0.2, 0.25) is 5.89 Å². The van der Waals surface area contributed by atoms with Crippen LogP contribution in [0.15, 0.2) is 28.8 Å². The highest BCUT2D eigenvalue weighted by Gasteiger charge is 2.21. The van der Waals surface area contributed by atoms with Crippen LogP contribution in [0.3, 0.4) is 0 Å². The first-order valence-electron chi connectivity index (χ1n) is 7.94. The van der Waals surface area contributed by atoms with Crippen molar-refractivity contribution in [1.29, 1.82) is 0 Å². The summed E-state index contributed by atoms with van der Waals surface area (Å²) in [6.45, 7) is 3.65. The van der Waals surface area contributed by atoms with E-state index in [0.717, 1.165) is 19.5 Å². The number of amides is 1. The van der Waals surface area contributed by atoms with E-state index in [1.54, 1.807) is 4.90 Å². The van der Waals surface area contributed by atoms with E-state index >= 15 is 0 Å². The maximum Gasteiger partial charge on any atom is 0.253 e. The van der Waals surface area contributed by atoms with E-state index in [9.17, 15) is 9.18 Å². The van der Waals surface area contributed by atoms with Crippen LogP contribution in [0.2, 0.25) is 0 Å². The fourth-order valence-corrected chi connectivity index (χ4v) is 2.74. The molecule has 0 atom stereocenters. The molecule has 1 aliphatic rings. The lowest BCUT2D eigenvalue weighted by atomic mass is 10.2. The predicted octanol–water partition coefficient (Wildman–Crippen LogP) is 1.02. The Hall–Kier alpha value is -2.32. The summed E-state index contributed by atoms with van der Waals surface area (Å²) in [5.74, 6) is 0.620. The van der Waals surface area contributed by atoms with Gasteiger partial charge in [0.25, 0.3) is 5.91 Å². The number of nitrogens with two attached hydrogens (primary N) is 1. The maximum absolute atomic E-state index is 13.0. The van der Waals surface area contributed by atoms with Crippen molar-refractivity contribution in [2.24, 2.45) is 5.73 Å². The predicted molar refractivity (Wildman–Crippen MR) is 84.4 cm³/mol. The molecule has 2 aromatic rings. The number of nitrogens with zero attached hydrogens (tertiary/aromatic N) is 4. The van der Waals surface area contributed by atoms with Crippen LogP contribution in [0.25, 0.3) is 0 Å². The van der Waals surface area contributed by atoms with Crippen molar-refractivity contribution in [2.45, 2.75) is 19.5 Å². The minimum Gasteiger partial charge on any atom is -0.338 e. The first kappa shape index (κ1) is 16.5. The fourth-order valence-electron chi connectivity index (χ4n) is 2.74. The lowest BCUT2D eigenvalue weighted by Crippen LogP contribution is -2.35. The molecule has 1 aromatic heterocycles. The second-order valence-electron chi connectivity index (χ2n) is 5.74. The molecule has 1 aliphatic heterocycles. The monoisotopic (exact) mass is 333 g/mol. The zero-order chi connectivity index (χ0) is 16.9. The summed E-state index contributed by atoms with van der Waals surface area (Å²) in [6, 6.07) is 5.66. The number of hydrogen-bond acceptors (Lipinski definition) is 6. The van der Waals surface area contributed by atoms with Gasteiger partial charge in [0, 0.05) is 31.7 Å². The summed E-state index contributed by atoms with van der Waals surface area (Å²) in [6.07, 6.45) is 0.856. The molecule has 1 amide bonds. The van der Waals surface area contributed by atoms with Crippen LogP contribution in [0.1, 0.15) is 28.5 Å². The molecule has 1 saturated heterocycles.